The summed E-state index contributed by atoms with van der Waals surface area (Å²) in [7, 11) is 1.35. The zero-order valence-corrected chi connectivity index (χ0v) is 43.7. The molecule has 0 aliphatic carbocycles. The zero-order chi connectivity index (χ0) is 52.3. The quantitative estimate of drug-likeness (QED) is 0.0267. The summed E-state index contributed by atoms with van der Waals surface area (Å²) < 4.78 is 43.6. The SMILES string of the molecule is CC(C)(C)OC(=O)NOCCOCCOCCNC(=O)CNC(=O)C(CCCCNC(=O)COC(C)(C)CCOC(C)(C)CCN)NC(=O)COC(C)(C)CCOC(C)(C)CCN.COC(C)=O. The lowest BCUT2D eigenvalue weighted by Gasteiger charge is -2.29. The second-order valence-corrected chi connectivity index (χ2v) is 19.3. The molecule has 0 aromatic carbocycles. The van der Waals surface area contributed by atoms with Crippen molar-refractivity contribution < 1.29 is 71.5 Å². The van der Waals surface area contributed by atoms with Gasteiger partial charge < -0.3 is 70.6 Å². The third kappa shape index (κ3) is 42.4. The van der Waals surface area contributed by atoms with Crippen LogP contribution in [0.5, 0.6) is 0 Å². The number of ether oxygens (including phenoxy) is 8. The molecule has 1 atom stereocenters. The van der Waals surface area contributed by atoms with Crippen LogP contribution < -0.4 is 38.2 Å². The molecule has 400 valence electrons. The van der Waals surface area contributed by atoms with E-state index in [9.17, 15) is 28.8 Å². The van der Waals surface area contributed by atoms with Gasteiger partial charge in [0.05, 0.1) is 82.3 Å². The van der Waals surface area contributed by atoms with Gasteiger partial charge in [0.15, 0.2) is 0 Å². The molecule has 5 amide bonds. The Morgan fingerprint density at radius 3 is 1.51 bits per heavy atom. The molecule has 0 bridgehead atoms. The fourth-order valence-corrected chi connectivity index (χ4v) is 5.36. The molecule has 22 nitrogen and oxygen atoms in total. The maximum atomic E-state index is 13.3. The summed E-state index contributed by atoms with van der Waals surface area (Å²) in [5.41, 5.74) is 10.9. The second-order valence-electron chi connectivity index (χ2n) is 19.3. The van der Waals surface area contributed by atoms with Gasteiger partial charge in [-0.3, -0.25) is 28.8 Å². The van der Waals surface area contributed by atoms with Gasteiger partial charge in [-0.15, -0.1) is 0 Å². The van der Waals surface area contributed by atoms with E-state index in [-0.39, 0.29) is 88.8 Å². The molecule has 1 unspecified atom stereocenters. The van der Waals surface area contributed by atoms with Crippen molar-refractivity contribution in [2.45, 2.75) is 162 Å². The number of methoxy groups -OCH3 is 1. The van der Waals surface area contributed by atoms with Crippen molar-refractivity contribution in [1.82, 2.24) is 26.7 Å². The first-order valence-corrected chi connectivity index (χ1v) is 23.5. The summed E-state index contributed by atoms with van der Waals surface area (Å²) in [6.07, 6.45) is 3.11. The third-order valence-electron chi connectivity index (χ3n) is 9.50. The molecule has 0 aliphatic rings. The first kappa shape index (κ1) is 66.3. The molecule has 0 saturated carbocycles. The Bertz CT molecular complexity index is 1430. The molecule has 22 heteroatoms. The van der Waals surface area contributed by atoms with Crippen LogP contribution in [0.15, 0.2) is 0 Å². The second kappa shape index (κ2) is 36.2. The van der Waals surface area contributed by atoms with Gasteiger partial charge in [-0.25, -0.2) is 4.79 Å². The first-order chi connectivity index (χ1) is 31.6. The summed E-state index contributed by atoms with van der Waals surface area (Å²) in [5, 5.41) is 10.8. The Labute approximate surface area is 406 Å². The number of nitrogens with two attached hydrogens (primary N) is 2. The largest absolute Gasteiger partial charge is 0.469 e. The molecular weight excluding hydrogens is 891 g/mol. The number of esters is 1. The van der Waals surface area contributed by atoms with Crippen LogP contribution in [-0.4, -0.2) is 169 Å². The third-order valence-corrected chi connectivity index (χ3v) is 9.50. The normalized spacial score (nSPS) is 12.5. The molecule has 0 radical (unpaired) electrons. The number of hydrogen-bond donors (Lipinski definition) is 7. The van der Waals surface area contributed by atoms with E-state index in [0.717, 1.165) is 6.42 Å². The Morgan fingerprint density at radius 1 is 0.544 bits per heavy atom. The predicted octanol–water partition coefficient (Wildman–Crippen LogP) is 2.32. The lowest BCUT2D eigenvalue weighted by Crippen LogP contribution is -2.50. The summed E-state index contributed by atoms with van der Waals surface area (Å²) in [5.74, 6) is -2.00. The molecule has 0 aromatic rings. The number of amides is 5. The maximum Gasteiger partial charge on any atom is 0.431 e. The molecule has 68 heavy (non-hydrogen) atoms. The molecule has 0 rings (SSSR count). The van der Waals surface area contributed by atoms with Crippen molar-refractivity contribution in [3.8, 4) is 0 Å². The zero-order valence-electron chi connectivity index (χ0n) is 43.7. The van der Waals surface area contributed by atoms with Crippen LogP contribution >= 0.6 is 0 Å². The Hall–Kier alpha value is -3.74. The van der Waals surface area contributed by atoms with Crippen LogP contribution in [-0.2, 0) is 66.7 Å². The Morgan fingerprint density at radius 2 is 1.01 bits per heavy atom. The predicted molar refractivity (Wildman–Crippen MR) is 256 cm³/mol. The van der Waals surface area contributed by atoms with Crippen LogP contribution in [0.25, 0.3) is 0 Å². The van der Waals surface area contributed by atoms with Gasteiger partial charge in [-0.1, -0.05) is 0 Å². The van der Waals surface area contributed by atoms with Gasteiger partial charge in [-0.05, 0) is 134 Å². The van der Waals surface area contributed by atoms with E-state index < -0.39 is 46.7 Å². The minimum Gasteiger partial charge on any atom is -0.469 e. The molecule has 0 saturated heterocycles. The van der Waals surface area contributed by atoms with E-state index in [1.54, 1.807) is 20.8 Å². The minimum atomic E-state index is -0.962. The van der Waals surface area contributed by atoms with E-state index in [1.807, 2.05) is 55.4 Å². The maximum absolute atomic E-state index is 13.3. The van der Waals surface area contributed by atoms with Crippen molar-refractivity contribution in [2.24, 2.45) is 11.5 Å². The van der Waals surface area contributed by atoms with Crippen LogP contribution in [0.1, 0.15) is 128 Å². The summed E-state index contributed by atoms with van der Waals surface area (Å²) in [6, 6.07) is -0.962. The van der Waals surface area contributed by atoms with Crippen molar-refractivity contribution >= 4 is 35.7 Å². The number of carbonyl (C=O) groups is 6. The molecular formula is C46H91N7O15. The molecule has 9 N–H and O–H groups in total. The standard InChI is InChI=1S/C43H85N7O13.C3H6O2/c1-39(2,3)63-38(55)50-62-29-28-57-27-26-56-25-22-47-34(51)30-48-37(54)33(49-36(53)32-61-43(10,11)18-24-59-41(6,7)16-20-45)14-12-13-21-46-35(52)31-60-42(8,9)17-23-58-40(4,5)15-19-44;1-3(4)5-2/h33H,12-32,44-45H2,1-11H3,(H,46,52)(H,47,51)(H,48,54)(H,49,53)(H,50,55);1-2H3. The Kier molecular flexibility index (Phi) is 35.4. The van der Waals surface area contributed by atoms with Crippen molar-refractivity contribution in [1.29, 1.82) is 0 Å². The summed E-state index contributed by atoms with van der Waals surface area (Å²) in [4.78, 5) is 77.5. The van der Waals surface area contributed by atoms with E-state index in [4.69, 9.17) is 49.5 Å². The van der Waals surface area contributed by atoms with Crippen molar-refractivity contribution in [3.05, 3.63) is 0 Å². The topological polar surface area (TPSA) is 298 Å². The molecule has 0 fully saturated rings. The molecule has 0 heterocycles. The number of rotatable bonds is 37. The van der Waals surface area contributed by atoms with Gasteiger partial charge in [0.1, 0.15) is 24.9 Å². The van der Waals surface area contributed by atoms with Gasteiger partial charge in [0.25, 0.3) is 0 Å². The van der Waals surface area contributed by atoms with Gasteiger partial charge in [-0.2, -0.15) is 5.48 Å². The minimum absolute atomic E-state index is 0.113. The average Bonchev–Trinajstić information content (AvgIpc) is 3.21. The van der Waals surface area contributed by atoms with Crippen molar-refractivity contribution in [2.75, 3.05) is 99.3 Å². The van der Waals surface area contributed by atoms with E-state index >= 15 is 0 Å². The number of unbranched alkanes of at least 4 members (excludes halogenated alkanes) is 1. The highest BCUT2D eigenvalue weighted by atomic mass is 16.7. The lowest BCUT2D eigenvalue weighted by molar-refractivity contribution is -0.138. The number of carbonyl (C=O) groups excluding carboxylic acids is 6. The smallest absolute Gasteiger partial charge is 0.431 e. The monoisotopic (exact) mass is 982 g/mol. The average molecular weight is 982 g/mol. The fraction of sp³-hybridized carbons (Fsp3) is 0.870. The highest BCUT2D eigenvalue weighted by Gasteiger charge is 2.27. The highest BCUT2D eigenvalue weighted by molar-refractivity contribution is 5.90. The van der Waals surface area contributed by atoms with Gasteiger partial charge >= 0.3 is 12.1 Å². The lowest BCUT2D eigenvalue weighted by atomic mass is 10.0. The summed E-state index contributed by atoms with van der Waals surface area (Å²) >= 11 is 0. The van der Waals surface area contributed by atoms with Crippen LogP contribution in [0.2, 0.25) is 0 Å². The van der Waals surface area contributed by atoms with E-state index in [0.29, 0.717) is 65.0 Å². The molecule has 0 aliphatic heterocycles. The van der Waals surface area contributed by atoms with Gasteiger partial charge in [0, 0.05) is 20.0 Å². The van der Waals surface area contributed by atoms with Gasteiger partial charge in [0.2, 0.25) is 23.6 Å². The number of hydrogen-bond acceptors (Lipinski definition) is 17. The number of hydroxylamine groups is 1. The Balaban J connectivity index is 0. The van der Waals surface area contributed by atoms with Crippen molar-refractivity contribution in [3.63, 3.8) is 0 Å². The first-order valence-electron chi connectivity index (χ1n) is 23.5. The van der Waals surface area contributed by atoms with E-state index in [2.05, 4.69) is 31.5 Å². The van der Waals surface area contributed by atoms with E-state index in [1.165, 1.54) is 14.0 Å². The number of nitrogens with one attached hydrogen (secondary N) is 5. The van der Waals surface area contributed by atoms with Crippen LogP contribution in [0, 0.1) is 0 Å². The fourth-order valence-electron chi connectivity index (χ4n) is 5.36. The highest BCUT2D eigenvalue weighted by Crippen LogP contribution is 2.20. The van der Waals surface area contributed by atoms with Crippen LogP contribution in [0.3, 0.4) is 0 Å². The van der Waals surface area contributed by atoms with Crippen LogP contribution in [0.4, 0.5) is 4.79 Å². The molecule has 0 spiro atoms. The summed E-state index contributed by atoms with van der Waals surface area (Å²) in [6.45, 7) is 24.8. The molecule has 0 aromatic heterocycles.